The molecule has 2 aliphatic rings. The molecule has 0 unspecified atom stereocenters. The predicted octanol–water partition coefficient (Wildman–Crippen LogP) is 6.32. The SMILES string of the molecule is O=C(CCNCc1ccc(Cc2ccc(C(F)(F)F)cc2)s1)N1CCc2nc(SC3CCC3)n(-c3cccc(O)c3)c(=O)c2C1. The van der Waals surface area contributed by atoms with E-state index in [4.69, 9.17) is 4.98 Å². The van der Waals surface area contributed by atoms with E-state index in [9.17, 15) is 27.9 Å². The van der Waals surface area contributed by atoms with Crippen molar-refractivity contribution in [1.82, 2.24) is 19.8 Å². The minimum atomic E-state index is -4.34. The third-order valence-corrected chi connectivity index (χ3v) is 10.5. The number of halogens is 3. The molecule has 1 amide bonds. The molecule has 0 bridgehead atoms. The van der Waals surface area contributed by atoms with Crippen molar-refractivity contribution in [2.75, 3.05) is 13.1 Å². The van der Waals surface area contributed by atoms with E-state index >= 15 is 0 Å². The molecule has 12 heteroatoms. The van der Waals surface area contributed by atoms with E-state index in [-0.39, 0.29) is 30.2 Å². The molecule has 7 nitrogen and oxygen atoms in total. The van der Waals surface area contributed by atoms with Gasteiger partial charge in [-0.3, -0.25) is 14.2 Å². The van der Waals surface area contributed by atoms with Crippen molar-refractivity contribution in [2.45, 2.75) is 68.2 Å². The number of aromatic hydroxyl groups is 1. The summed E-state index contributed by atoms with van der Waals surface area (Å²) in [5.41, 5.74) is 1.78. The molecule has 0 saturated heterocycles. The fraction of sp³-hybridized carbons (Fsp3) is 0.364. The summed E-state index contributed by atoms with van der Waals surface area (Å²) in [6, 6.07) is 15.8. The minimum Gasteiger partial charge on any atom is -0.508 e. The van der Waals surface area contributed by atoms with Crippen LogP contribution < -0.4 is 10.9 Å². The van der Waals surface area contributed by atoms with Gasteiger partial charge in [0.05, 0.1) is 29.1 Å². The van der Waals surface area contributed by atoms with E-state index in [2.05, 4.69) is 5.32 Å². The molecule has 45 heavy (non-hydrogen) atoms. The lowest BCUT2D eigenvalue weighted by Crippen LogP contribution is -2.42. The highest BCUT2D eigenvalue weighted by Gasteiger charge is 2.30. The van der Waals surface area contributed by atoms with Crippen molar-refractivity contribution in [3.63, 3.8) is 0 Å². The first-order chi connectivity index (χ1) is 21.6. The molecule has 1 aliphatic heterocycles. The molecule has 6 rings (SSSR count). The van der Waals surface area contributed by atoms with E-state index in [1.165, 1.54) is 18.6 Å². The maximum Gasteiger partial charge on any atom is 0.416 e. The van der Waals surface area contributed by atoms with Crippen LogP contribution in [0.15, 0.2) is 70.6 Å². The number of benzene rings is 2. The number of carbonyl (C=O) groups is 1. The molecule has 4 aromatic rings. The largest absolute Gasteiger partial charge is 0.508 e. The first-order valence-corrected chi connectivity index (χ1v) is 16.7. The van der Waals surface area contributed by atoms with Gasteiger partial charge in [-0.2, -0.15) is 13.2 Å². The van der Waals surface area contributed by atoms with Crippen LogP contribution in [0.2, 0.25) is 0 Å². The van der Waals surface area contributed by atoms with Crippen molar-refractivity contribution >= 4 is 29.0 Å². The maximum absolute atomic E-state index is 13.8. The number of aromatic nitrogens is 2. The van der Waals surface area contributed by atoms with E-state index < -0.39 is 11.7 Å². The molecular weight excluding hydrogens is 622 g/mol. The number of thioether (sulfide) groups is 1. The first-order valence-electron chi connectivity index (χ1n) is 15.0. The number of nitrogens with zero attached hydrogens (tertiary/aromatic N) is 3. The normalized spacial score (nSPS) is 15.1. The van der Waals surface area contributed by atoms with E-state index in [0.717, 1.165) is 46.0 Å². The summed E-state index contributed by atoms with van der Waals surface area (Å²) < 4.78 is 40.0. The standard InChI is InChI=1S/C33H33F3N4O3S2/c34-33(35,36)22-9-7-21(8-10-22)17-26-11-12-27(44-26)19-37-15-13-30(42)39-16-14-29-28(20-39)31(43)40(23-3-1-4-24(41)18-23)32(38-29)45-25-5-2-6-25/h1,3-4,7-12,18,25,37,41H,2,5-6,13-17,19-20H2. The van der Waals surface area contributed by atoms with Crippen molar-refractivity contribution in [2.24, 2.45) is 0 Å². The van der Waals surface area contributed by atoms with Crippen molar-refractivity contribution in [1.29, 1.82) is 0 Å². The van der Waals surface area contributed by atoms with Crippen LogP contribution >= 0.6 is 23.1 Å². The molecule has 1 aliphatic carbocycles. The van der Waals surface area contributed by atoms with Gasteiger partial charge in [0, 0.05) is 60.0 Å². The molecule has 236 valence electrons. The zero-order chi connectivity index (χ0) is 31.6. The van der Waals surface area contributed by atoms with Gasteiger partial charge >= 0.3 is 6.18 Å². The Hall–Kier alpha value is -3.61. The van der Waals surface area contributed by atoms with Crippen molar-refractivity contribution < 1.29 is 23.1 Å². The molecule has 2 aromatic carbocycles. The number of hydrogen-bond donors (Lipinski definition) is 2. The second-order valence-electron chi connectivity index (χ2n) is 11.4. The van der Waals surface area contributed by atoms with Gasteiger partial charge < -0.3 is 15.3 Å². The highest BCUT2D eigenvalue weighted by atomic mass is 32.2. The molecule has 1 saturated carbocycles. The monoisotopic (exact) mass is 654 g/mol. The number of alkyl halides is 3. The molecule has 0 atom stereocenters. The highest BCUT2D eigenvalue weighted by molar-refractivity contribution is 7.99. The Morgan fingerprint density at radius 2 is 1.87 bits per heavy atom. The average molecular weight is 655 g/mol. The van der Waals surface area contributed by atoms with Crippen LogP contribution in [0.3, 0.4) is 0 Å². The second kappa shape index (κ2) is 13.4. The summed E-state index contributed by atoms with van der Waals surface area (Å²) in [6.07, 6.45) is 0.355. The maximum atomic E-state index is 13.8. The summed E-state index contributed by atoms with van der Waals surface area (Å²) in [5.74, 6) is 0.0255. The third-order valence-electron chi connectivity index (χ3n) is 8.16. The Labute approximate surface area is 267 Å². The van der Waals surface area contributed by atoms with E-state index in [0.29, 0.717) is 54.1 Å². The topological polar surface area (TPSA) is 87.5 Å². The number of carbonyl (C=O) groups excluding carboxylic acids is 1. The smallest absolute Gasteiger partial charge is 0.416 e. The number of thiophene rings is 1. The van der Waals surface area contributed by atoms with E-state index in [1.807, 2.05) is 12.1 Å². The number of hydrogen-bond acceptors (Lipinski definition) is 7. The summed E-state index contributed by atoms with van der Waals surface area (Å²) in [5, 5.41) is 14.5. The summed E-state index contributed by atoms with van der Waals surface area (Å²) >= 11 is 3.20. The second-order valence-corrected chi connectivity index (χ2v) is 13.9. The Kier molecular flexibility index (Phi) is 9.34. The average Bonchev–Trinajstić information content (AvgIpc) is 3.43. The molecule has 0 radical (unpaired) electrons. The fourth-order valence-corrected chi connectivity index (χ4v) is 7.78. The Morgan fingerprint density at radius 3 is 2.58 bits per heavy atom. The van der Waals surface area contributed by atoms with E-state index in [1.54, 1.807) is 56.8 Å². The number of rotatable bonds is 10. The van der Waals surface area contributed by atoms with Crippen LogP contribution in [0.1, 0.15) is 57.8 Å². The van der Waals surface area contributed by atoms with Crippen LogP contribution in [-0.4, -0.2) is 43.8 Å². The lowest BCUT2D eigenvalue weighted by atomic mass is 10.0. The Morgan fingerprint density at radius 1 is 1.09 bits per heavy atom. The van der Waals surface area contributed by atoms with Crippen molar-refractivity contribution in [3.8, 4) is 11.4 Å². The molecule has 0 spiro atoms. The van der Waals surface area contributed by atoms with Crippen LogP contribution in [0.25, 0.3) is 5.69 Å². The molecule has 1 fully saturated rings. The lowest BCUT2D eigenvalue weighted by molar-refractivity contribution is -0.137. The van der Waals surface area contributed by atoms with Crippen LogP contribution in [0.5, 0.6) is 5.75 Å². The number of phenolic OH excluding ortho intramolecular Hbond substituents is 1. The fourth-order valence-electron chi connectivity index (χ4n) is 5.43. The van der Waals surface area contributed by atoms with Crippen LogP contribution in [-0.2, 0) is 36.9 Å². The van der Waals surface area contributed by atoms with Gasteiger partial charge in [-0.15, -0.1) is 11.3 Å². The zero-order valence-electron chi connectivity index (χ0n) is 24.5. The number of phenols is 1. The minimum absolute atomic E-state index is 0.0430. The number of amides is 1. The highest BCUT2D eigenvalue weighted by Crippen LogP contribution is 2.37. The molecular formula is C33H33F3N4O3S2. The van der Waals surface area contributed by atoms with Gasteiger partial charge in [0.2, 0.25) is 5.91 Å². The Balaban J connectivity index is 1.04. The summed E-state index contributed by atoms with van der Waals surface area (Å²) in [4.78, 5) is 35.7. The van der Waals surface area contributed by atoms with Gasteiger partial charge in [0.15, 0.2) is 5.16 Å². The number of fused-ring (bicyclic) bond motifs is 1. The predicted molar refractivity (Wildman–Crippen MR) is 169 cm³/mol. The molecule has 2 aromatic heterocycles. The van der Waals surface area contributed by atoms with Gasteiger partial charge in [0.25, 0.3) is 5.56 Å². The Bertz CT molecular complexity index is 1730. The van der Waals surface area contributed by atoms with Gasteiger partial charge in [0.1, 0.15) is 5.75 Å². The third kappa shape index (κ3) is 7.45. The summed E-state index contributed by atoms with van der Waals surface area (Å²) in [6.45, 7) is 1.75. The van der Waals surface area contributed by atoms with Crippen LogP contribution in [0.4, 0.5) is 13.2 Å². The molecule has 3 heterocycles. The van der Waals surface area contributed by atoms with Crippen LogP contribution in [0, 0.1) is 0 Å². The van der Waals surface area contributed by atoms with Gasteiger partial charge in [-0.05, 0) is 54.8 Å². The van der Waals surface area contributed by atoms with Gasteiger partial charge in [-0.25, -0.2) is 4.98 Å². The number of nitrogens with one attached hydrogen (secondary N) is 1. The zero-order valence-corrected chi connectivity index (χ0v) is 26.1. The lowest BCUT2D eigenvalue weighted by Gasteiger charge is -2.30. The van der Waals surface area contributed by atoms with Gasteiger partial charge in [-0.1, -0.05) is 36.4 Å². The molecule has 2 N–H and O–H groups in total. The first kappa shape index (κ1) is 31.4. The van der Waals surface area contributed by atoms with Crippen molar-refractivity contribution in [3.05, 3.63) is 103 Å². The summed E-state index contributed by atoms with van der Waals surface area (Å²) in [7, 11) is 0. The quantitative estimate of drug-likeness (QED) is 0.154.